The summed E-state index contributed by atoms with van der Waals surface area (Å²) in [6.07, 6.45) is 0. The van der Waals surface area contributed by atoms with Crippen LogP contribution in [0.2, 0.25) is 0 Å². The maximum atomic E-state index is 0. The van der Waals surface area contributed by atoms with Gasteiger partial charge in [0.1, 0.15) is 0 Å². The van der Waals surface area contributed by atoms with Gasteiger partial charge in [0.25, 0.3) is 0 Å². The van der Waals surface area contributed by atoms with Crippen LogP contribution in [0.4, 0.5) is 0 Å². The number of hydrogen-bond donors (Lipinski definition) is 0. The van der Waals surface area contributed by atoms with Crippen LogP contribution in [-0.4, -0.2) is 0 Å². The van der Waals surface area contributed by atoms with Gasteiger partial charge >= 0.3 is 0 Å². The monoisotopic (exact) mass is 657 g/mol. The van der Waals surface area contributed by atoms with Crippen molar-refractivity contribution in [3.63, 3.8) is 0 Å². The third-order valence-electron chi connectivity index (χ3n) is 0. The predicted molar refractivity (Wildman–Crippen MR) is 0 cm³/mol. The molecule has 0 unspecified atom stereocenters. The number of rotatable bonds is 0. The van der Waals surface area contributed by atoms with E-state index in [4.69, 9.17) is 0 Å². The predicted octanol–water partition coefficient (Wildman–Crippen LogP) is -18.0. The molecule has 0 aromatic heterocycles. The van der Waals surface area contributed by atoms with Crippen LogP contribution >= 0.6 is 0 Å². The van der Waals surface area contributed by atoms with E-state index in [2.05, 4.69) is 0 Å². The molecule has 0 heterocycles. The van der Waals surface area contributed by atoms with E-state index in [1.54, 1.807) is 0 Å². The molecule has 7 heavy (non-hydrogen) atoms. The first-order valence-electron chi connectivity index (χ1n) is 0. The molecule has 0 rings (SSSR count). The van der Waals surface area contributed by atoms with Gasteiger partial charge in [-0.2, -0.15) is 0 Å². The summed E-state index contributed by atoms with van der Waals surface area (Å²) in [5, 5.41) is 0. The average molecular weight is 663 g/mol. The first-order valence-corrected chi connectivity index (χ1v) is 0. The molecule has 0 aliphatic carbocycles. The second-order valence-electron chi connectivity index (χ2n) is 0. The molecule has 0 radical (unpaired) electrons. The van der Waals surface area contributed by atoms with Crippen LogP contribution in [-0.2, 0) is 21.1 Å². The van der Waals surface area contributed by atoms with Gasteiger partial charge in [0.15, 0.2) is 0 Å². The van der Waals surface area contributed by atoms with E-state index in [0.29, 0.717) is 0 Å². The van der Waals surface area contributed by atoms with Gasteiger partial charge in [-0.25, -0.2) is 0 Å². The SMILES string of the molecule is [Br-].[Br-].[Br-].[Br-].[Br-].[Br-].[W]. The van der Waals surface area contributed by atoms with Crippen molar-refractivity contribution in [2.45, 2.75) is 0 Å². The zero-order chi connectivity index (χ0) is 0. The van der Waals surface area contributed by atoms with Crippen molar-refractivity contribution < 1.29 is 123 Å². The fourth-order valence-corrected chi connectivity index (χ4v) is 0. The summed E-state index contributed by atoms with van der Waals surface area (Å²) in [5.41, 5.74) is 0. The molecule has 0 atom stereocenters. The first kappa shape index (κ1) is 76.0. The maximum absolute atomic E-state index is 0. The number of hydrogen-bond acceptors (Lipinski definition) is 0. The van der Waals surface area contributed by atoms with Gasteiger partial charge in [0.2, 0.25) is 0 Å². The first-order chi connectivity index (χ1) is 0. The molecular weight excluding hydrogens is 663 g/mol. The quantitative estimate of drug-likeness (QED) is 0.242. The van der Waals surface area contributed by atoms with E-state index in [0.717, 1.165) is 0 Å². The van der Waals surface area contributed by atoms with E-state index >= 15 is 0 Å². The van der Waals surface area contributed by atoms with E-state index in [-0.39, 0.29) is 123 Å². The molecule has 0 nitrogen and oxygen atoms in total. The minimum absolute atomic E-state index is 0. The Balaban J connectivity index is 0. The van der Waals surface area contributed by atoms with Crippen molar-refractivity contribution in [1.82, 2.24) is 0 Å². The smallest absolute Gasteiger partial charge is 0 e. The molecule has 0 spiro atoms. The molecule has 0 aliphatic heterocycles. The largest absolute Gasteiger partial charge is 1.00 e. The second kappa shape index (κ2) is 55.2. The van der Waals surface area contributed by atoms with Gasteiger partial charge in [-0.1, -0.05) is 0 Å². The summed E-state index contributed by atoms with van der Waals surface area (Å²) in [6, 6.07) is 0. The summed E-state index contributed by atoms with van der Waals surface area (Å²) < 4.78 is 0. The summed E-state index contributed by atoms with van der Waals surface area (Å²) in [4.78, 5) is 0. The Hall–Kier alpha value is 3.57. The topological polar surface area (TPSA) is 0 Å². The maximum Gasteiger partial charge on any atom is 0 e. The minimum atomic E-state index is 0. The van der Waals surface area contributed by atoms with Gasteiger partial charge in [0, 0.05) is 21.1 Å². The van der Waals surface area contributed by atoms with Gasteiger partial charge in [-0.15, -0.1) is 0 Å². The van der Waals surface area contributed by atoms with E-state index < -0.39 is 0 Å². The van der Waals surface area contributed by atoms with E-state index in [1.165, 1.54) is 0 Å². The van der Waals surface area contributed by atoms with Gasteiger partial charge in [-0.3, -0.25) is 0 Å². The van der Waals surface area contributed by atoms with Crippen molar-refractivity contribution >= 4 is 0 Å². The Morgan fingerprint density at radius 3 is 0.286 bits per heavy atom. The van der Waals surface area contributed by atoms with Crippen molar-refractivity contribution in [1.29, 1.82) is 0 Å². The summed E-state index contributed by atoms with van der Waals surface area (Å²) >= 11 is 0. The van der Waals surface area contributed by atoms with E-state index in [9.17, 15) is 0 Å². The second-order valence-corrected chi connectivity index (χ2v) is 0. The van der Waals surface area contributed by atoms with Gasteiger partial charge < -0.3 is 102 Å². The Morgan fingerprint density at radius 2 is 0.286 bits per heavy atom. The normalized spacial score (nSPS) is 0. The molecule has 0 saturated heterocycles. The minimum Gasteiger partial charge on any atom is -1.00 e. The Kier molecular flexibility index (Phi) is 599. The fraction of sp³-hybridized carbons (Fsp3) is 0. The van der Waals surface area contributed by atoms with Crippen LogP contribution in [0, 0.1) is 0 Å². The Morgan fingerprint density at radius 1 is 0.286 bits per heavy atom. The molecule has 0 saturated carbocycles. The molecule has 54 valence electrons. The van der Waals surface area contributed by atoms with Crippen LogP contribution in [0.1, 0.15) is 0 Å². The zero-order valence-electron chi connectivity index (χ0n) is 2.68. The van der Waals surface area contributed by atoms with Gasteiger partial charge in [0.05, 0.1) is 0 Å². The molecule has 7 heteroatoms. The Bertz CT molecular complexity index is 4.14. The van der Waals surface area contributed by atoms with Crippen LogP contribution in [0.25, 0.3) is 0 Å². The van der Waals surface area contributed by atoms with Crippen molar-refractivity contribution in [2.75, 3.05) is 0 Å². The molecular formula is Br6W-6. The van der Waals surface area contributed by atoms with Crippen molar-refractivity contribution in [2.24, 2.45) is 0 Å². The molecule has 0 aromatic carbocycles. The third-order valence-corrected chi connectivity index (χ3v) is 0. The summed E-state index contributed by atoms with van der Waals surface area (Å²) in [7, 11) is 0. The van der Waals surface area contributed by atoms with Crippen LogP contribution in [0.5, 0.6) is 0 Å². The number of halogens is 6. The molecule has 0 aromatic rings. The summed E-state index contributed by atoms with van der Waals surface area (Å²) in [6.45, 7) is 0. The Labute approximate surface area is 121 Å². The van der Waals surface area contributed by atoms with Crippen molar-refractivity contribution in [3.8, 4) is 0 Å². The average Bonchev–Trinajstić information content (AvgIpc) is 0. The molecule has 0 fully saturated rings. The molecule has 0 N–H and O–H groups in total. The van der Waals surface area contributed by atoms with E-state index in [1.807, 2.05) is 0 Å². The van der Waals surface area contributed by atoms with Gasteiger partial charge in [-0.05, 0) is 0 Å². The molecule has 0 amide bonds. The zero-order valence-corrected chi connectivity index (χ0v) is 15.1. The van der Waals surface area contributed by atoms with Crippen LogP contribution in [0.3, 0.4) is 0 Å². The fourth-order valence-electron chi connectivity index (χ4n) is 0. The third kappa shape index (κ3) is 43.0. The standard InChI is InChI=1S/6BrH.W/h6*1H;/p-6. The molecule has 0 aliphatic rings. The van der Waals surface area contributed by atoms with Crippen molar-refractivity contribution in [3.05, 3.63) is 0 Å². The van der Waals surface area contributed by atoms with Crippen LogP contribution in [0.15, 0.2) is 0 Å². The van der Waals surface area contributed by atoms with Crippen LogP contribution < -0.4 is 102 Å². The molecule has 0 bridgehead atoms. The summed E-state index contributed by atoms with van der Waals surface area (Å²) in [5.74, 6) is 0.